The Labute approximate surface area is 181 Å². The lowest BCUT2D eigenvalue weighted by Crippen LogP contribution is -2.29. The van der Waals surface area contributed by atoms with Gasteiger partial charge >= 0.3 is 0 Å². The third kappa shape index (κ3) is 5.66. The van der Waals surface area contributed by atoms with Crippen LogP contribution in [0, 0.1) is 0 Å². The zero-order chi connectivity index (χ0) is 22.3. The van der Waals surface area contributed by atoms with E-state index in [9.17, 15) is 8.42 Å². The van der Waals surface area contributed by atoms with Crippen molar-refractivity contribution in [1.29, 1.82) is 0 Å². The topological polar surface area (TPSA) is 129 Å². The second-order valence-electron chi connectivity index (χ2n) is 6.72. The molecule has 0 atom stereocenters. The van der Waals surface area contributed by atoms with Gasteiger partial charge in [-0.15, -0.1) is 0 Å². The van der Waals surface area contributed by atoms with Crippen LogP contribution in [0.25, 0.3) is 0 Å². The van der Waals surface area contributed by atoms with E-state index in [4.69, 9.17) is 15.9 Å². The molecule has 9 heteroatoms. The fraction of sp³-hybridized carbons (Fsp3) is 0.182. The summed E-state index contributed by atoms with van der Waals surface area (Å²) >= 11 is 0. The van der Waals surface area contributed by atoms with E-state index in [1.165, 1.54) is 24.3 Å². The fourth-order valence-corrected chi connectivity index (χ4v) is 4.19. The van der Waals surface area contributed by atoms with Crippen LogP contribution < -0.4 is 10.6 Å². The molecule has 0 radical (unpaired) electrons. The van der Waals surface area contributed by atoms with E-state index in [0.29, 0.717) is 30.2 Å². The Morgan fingerprint density at radius 1 is 0.710 bits per heavy atom. The van der Waals surface area contributed by atoms with Crippen LogP contribution in [0.3, 0.4) is 0 Å². The van der Waals surface area contributed by atoms with Crippen LogP contribution in [0.15, 0.2) is 92.8 Å². The third-order valence-corrected chi connectivity index (χ3v) is 6.36. The van der Waals surface area contributed by atoms with Gasteiger partial charge in [0.25, 0.3) is 0 Å². The minimum absolute atomic E-state index is 0.00843. The van der Waals surface area contributed by atoms with Gasteiger partial charge in [0.2, 0.25) is 9.84 Å². The Morgan fingerprint density at radius 3 is 1.58 bits per heavy atom. The number of nitrogens with two attached hydrogens (primary N) is 1. The highest BCUT2D eigenvalue weighted by atomic mass is 32.2. The molecule has 0 aliphatic carbocycles. The fourth-order valence-electron chi connectivity index (χ4n) is 2.93. The van der Waals surface area contributed by atoms with E-state index in [1.807, 2.05) is 17.0 Å². The molecule has 3 aromatic carbocycles. The molecule has 0 bridgehead atoms. The van der Waals surface area contributed by atoms with Gasteiger partial charge in [0.1, 0.15) is 0 Å². The van der Waals surface area contributed by atoms with Gasteiger partial charge in [-0.2, -0.15) is 10.2 Å². The maximum Gasteiger partial charge on any atom is 0.206 e. The van der Waals surface area contributed by atoms with Crippen LogP contribution in [-0.4, -0.2) is 44.9 Å². The smallest absolute Gasteiger partial charge is 0.206 e. The summed E-state index contributed by atoms with van der Waals surface area (Å²) in [5.41, 5.74) is 8.11. The van der Waals surface area contributed by atoms with Gasteiger partial charge in [-0.25, -0.2) is 8.42 Å². The van der Waals surface area contributed by atoms with Crippen LogP contribution in [0.1, 0.15) is 0 Å². The average molecular weight is 441 g/mol. The first-order valence-electron chi connectivity index (χ1n) is 9.63. The summed E-state index contributed by atoms with van der Waals surface area (Å²) in [5, 5.41) is 26.6. The predicted octanol–water partition coefficient (Wildman–Crippen LogP) is 3.31. The van der Waals surface area contributed by atoms with Crippen molar-refractivity contribution in [3.05, 3.63) is 72.8 Å². The lowest BCUT2D eigenvalue weighted by atomic mass is 10.2. The van der Waals surface area contributed by atoms with Crippen LogP contribution >= 0.6 is 0 Å². The molecular weight excluding hydrogens is 416 g/mol. The highest BCUT2D eigenvalue weighted by molar-refractivity contribution is 7.91. The molecule has 0 fully saturated rings. The normalized spacial score (nSPS) is 11.7. The van der Waals surface area contributed by atoms with E-state index in [-0.39, 0.29) is 23.0 Å². The molecule has 0 saturated carbocycles. The van der Waals surface area contributed by atoms with Gasteiger partial charge in [0.05, 0.1) is 34.4 Å². The number of sulfone groups is 1. The van der Waals surface area contributed by atoms with Crippen LogP contribution in [-0.2, 0) is 9.84 Å². The maximum absolute atomic E-state index is 12.7. The Hall–Kier alpha value is -3.27. The largest absolute Gasteiger partial charge is 0.399 e. The molecule has 0 amide bonds. The standard InChI is InChI=1S/C22H24N4O4S/c23-17-1-9-21(10-2-17)31(29,30)22-11-5-19(6-12-22)25-24-18-3-7-20(8-4-18)26(13-15-27)14-16-28/h1-12,27-28H,13-16,23H2. The molecule has 0 aliphatic rings. The molecule has 0 spiro atoms. The maximum atomic E-state index is 12.7. The first kappa shape index (κ1) is 22.4. The highest BCUT2D eigenvalue weighted by Crippen LogP contribution is 2.26. The number of aliphatic hydroxyl groups excluding tert-OH is 2. The third-order valence-electron chi connectivity index (χ3n) is 4.57. The first-order chi connectivity index (χ1) is 14.9. The molecule has 31 heavy (non-hydrogen) atoms. The van der Waals surface area contributed by atoms with E-state index >= 15 is 0 Å². The minimum Gasteiger partial charge on any atom is -0.399 e. The number of hydrogen-bond acceptors (Lipinski definition) is 8. The SMILES string of the molecule is Nc1ccc(S(=O)(=O)c2ccc(N=Nc3ccc(N(CCO)CCO)cc3)cc2)cc1. The van der Waals surface area contributed by atoms with E-state index in [2.05, 4.69) is 10.2 Å². The zero-order valence-corrected chi connectivity index (χ0v) is 17.6. The lowest BCUT2D eigenvalue weighted by Gasteiger charge is -2.22. The number of nitrogen functional groups attached to an aromatic ring is 1. The predicted molar refractivity (Wildman–Crippen MR) is 120 cm³/mol. The lowest BCUT2D eigenvalue weighted by molar-refractivity contribution is 0.281. The molecule has 3 aromatic rings. The molecule has 0 saturated heterocycles. The van der Waals surface area contributed by atoms with Gasteiger partial charge in [-0.3, -0.25) is 0 Å². The van der Waals surface area contributed by atoms with Crippen molar-refractivity contribution < 1.29 is 18.6 Å². The number of hydrogen-bond donors (Lipinski definition) is 3. The Balaban J connectivity index is 1.71. The summed E-state index contributed by atoms with van der Waals surface area (Å²) in [5.74, 6) is 0. The van der Waals surface area contributed by atoms with Crippen LogP contribution in [0.2, 0.25) is 0 Å². The highest BCUT2D eigenvalue weighted by Gasteiger charge is 2.17. The van der Waals surface area contributed by atoms with E-state index < -0.39 is 9.84 Å². The van der Waals surface area contributed by atoms with Crippen molar-refractivity contribution in [3.63, 3.8) is 0 Å². The molecule has 0 aromatic heterocycles. The number of benzene rings is 3. The van der Waals surface area contributed by atoms with Gasteiger partial charge in [0.15, 0.2) is 0 Å². The molecule has 0 aliphatic heterocycles. The van der Waals surface area contributed by atoms with Gasteiger partial charge in [-0.05, 0) is 72.8 Å². The first-order valence-corrected chi connectivity index (χ1v) is 11.1. The van der Waals surface area contributed by atoms with Gasteiger partial charge < -0.3 is 20.8 Å². The molecule has 4 N–H and O–H groups in total. The van der Waals surface area contributed by atoms with Crippen LogP contribution in [0.5, 0.6) is 0 Å². The molecule has 0 heterocycles. The number of rotatable bonds is 9. The van der Waals surface area contributed by atoms with Crippen molar-refractivity contribution in [3.8, 4) is 0 Å². The molecular formula is C22H24N4O4S. The van der Waals surface area contributed by atoms with Crippen molar-refractivity contribution in [1.82, 2.24) is 0 Å². The number of azo groups is 1. The Kier molecular flexibility index (Phi) is 7.35. The van der Waals surface area contributed by atoms with Crippen LogP contribution in [0.4, 0.5) is 22.7 Å². The number of aliphatic hydroxyl groups is 2. The quantitative estimate of drug-likeness (QED) is 0.346. The van der Waals surface area contributed by atoms with Crippen molar-refractivity contribution in [2.45, 2.75) is 9.79 Å². The number of nitrogens with zero attached hydrogens (tertiary/aromatic N) is 3. The second-order valence-corrected chi connectivity index (χ2v) is 8.67. The molecule has 0 unspecified atom stereocenters. The zero-order valence-electron chi connectivity index (χ0n) is 16.8. The summed E-state index contributed by atoms with van der Waals surface area (Å²) < 4.78 is 25.4. The molecule has 3 rings (SSSR count). The minimum atomic E-state index is -3.63. The summed E-state index contributed by atoms with van der Waals surface area (Å²) in [6.07, 6.45) is 0. The Bertz CT molecular complexity index is 1110. The average Bonchev–Trinajstić information content (AvgIpc) is 2.78. The molecule has 162 valence electrons. The summed E-state index contributed by atoms with van der Waals surface area (Å²) in [6, 6.07) is 19.4. The van der Waals surface area contributed by atoms with Gasteiger partial charge in [-0.1, -0.05) is 0 Å². The van der Waals surface area contributed by atoms with E-state index in [0.717, 1.165) is 5.69 Å². The summed E-state index contributed by atoms with van der Waals surface area (Å²) in [6.45, 7) is 0.830. The van der Waals surface area contributed by atoms with E-state index in [1.54, 1.807) is 36.4 Å². The van der Waals surface area contributed by atoms with Gasteiger partial charge in [0, 0.05) is 24.5 Å². The Morgan fingerprint density at radius 2 is 1.13 bits per heavy atom. The molecule has 8 nitrogen and oxygen atoms in total. The monoisotopic (exact) mass is 440 g/mol. The van der Waals surface area contributed by atoms with Crippen molar-refractivity contribution in [2.75, 3.05) is 36.9 Å². The van der Waals surface area contributed by atoms with Crippen molar-refractivity contribution in [2.24, 2.45) is 10.2 Å². The van der Waals surface area contributed by atoms with Crippen molar-refractivity contribution >= 4 is 32.6 Å². The summed E-state index contributed by atoms with van der Waals surface area (Å²) in [7, 11) is -3.63. The second kappa shape index (κ2) is 10.2. The summed E-state index contributed by atoms with van der Waals surface area (Å²) in [4.78, 5) is 2.20. The number of anilines is 2.